The van der Waals surface area contributed by atoms with E-state index in [1.165, 1.54) is 25.3 Å². The lowest BCUT2D eigenvalue weighted by Crippen LogP contribution is -2.09. The molecular weight excluding hydrogens is 224 g/mol. The van der Waals surface area contributed by atoms with Gasteiger partial charge in [0.25, 0.3) is 0 Å². The molecule has 17 heavy (non-hydrogen) atoms. The van der Waals surface area contributed by atoms with E-state index in [9.17, 15) is 9.59 Å². The molecule has 0 bridgehead atoms. The number of benzene rings is 1. The van der Waals surface area contributed by atoms with Crippen molar-refractivity contribution in [1.82, 2.24) is 0 Å². The summed E-state index contributed by atoms with van der Waals surface area (Å²) in [6, 6.07) is 4.30. The minimum atomic E-state index is -1.03. The van der Waals surface area contributed by atoms with E-state index in [1.807, 2.05) is 0 Å². The van der Waals surface area contributed by atoms with Crippen molar-refractivity contribution in [2.24, 2.45) is 0 Å². The lowest BCUT2D eigenvalue weighted by atomic mass is 10.0. The highest BCUT2D eigenvalue weighted by atomic mass is 16.5. The molecule has 5 nitrogen and oxygen atoms in total. The standard InChI is InChI=1S/C12H14O5/c1-16-6-5-8-7-9(11(13)14)3-4-10(8)12(15)17-2/h3-4,7H,5-6H2,1-2H3,(H,13,14). The number of esters is 1. The van der Waals surface area contributed by atoms with Crippen molar-refractivity contribution in [3.8, 4) is 0 Å². The fourth-order valence-electron chi connectivity index (χ4n) is 1.45. The van der Waals surface area contributed by atoms with Gasteiger partial charge in [0.2, 0.25) is 0 Å². The monoisotopic (exact) mass is 238 g/mol. The molecule has 0 aliphatic carbocycles. The highest BCUT2D eigenvalue weighted by Gasteiger charge is 2.14. The van der Waals surface area contributed by atoms with Gasteiger partial charge in [-0.15, -0.1) is 0 Å². The van der Waals surface area contributed by atoms with E-state index < -0.39 is 11.9 Å². The lowest BCUT2D eigenvalue weighted by molar-refractivity contribution is 0.0596. The summed E-state index contributed by atoms with van der Waals surface area (Å²) in [4.78, 5) is 22.3. The topological polar surface area (TPSA) is 72.8 Å². The average molecular weight is 238 g/mol. The van der Waals surface area contributed by atoms with Gasteiger partial charge in [0, 0.05) is 7.11 Å². The van der Waals surface area contributed by atoms with Crippen molar-refractivity contribution in [1.29, 1.82) is 0 Å². The number of rotatable bonds is 5. The first-order valence-corrected chi connectivity index (χ1v) is 5.03. The SMILES string of the molecule is COCCc1cc(C(=O)O)ccc1C(=O)OC. The zero-order chi connectivity index (χ0) is 12.8. The van der Waals surface area contributed by atoms with Gasteiger partial charge in [0.15, 0.2) is 0 Å². The fourth-order valence-corrected chi connectivity index (χ4v) is 1.45. The Bertz CT molecular complexity index is 425. The van der Waals surface area contributed by atoms with Crippen molar-refractivity contribution >= 4 is 11.9 Å². The Morgan fingerprint density at radius 3 is 2.53 bits per heavy atom. The van der Waals surface area contributed by atoms with Crippen LogP contribution >= 0.6 is 0 Å². The zero-order valence-electron chi connectivity index (χ0n) is 9.73. The molecule has 0 heterocycles. The van der Waals surface area contributed by atoms with Gasteiger partial charge in [-0.05, 0) is 30.2 Å². The average Bonchev–Trinajstić information content (AvgIpc) is 2.34. The number of carboxylic acid groups (broad SMARTS) is 1. The van der Waals surface area contributed by atoms with Gasteiger partial charge in [0.1, 0.15) is 0 Å². The zero-order valence-corrected chi connectivity index (χ0v) is 9.73. The number of carbonyl (C=O) groups excluding carboxylic acids is 1. The minimum Gasteiger partial charge on any atom is -0.478 e. The minimum absolute atomic E-state index is 0.142. The Morgan fingerprint density at radius 1 is 1.29 bits per heavy atom. The Kier molecular flexibility index (Phi) is 4.66. The molecular formula is C12H14O5. The first-order chi connectivity index (χ1) is 8.10. The molecule has 0 radical (unpaired) electrons. The van der Waals surface area contributed by atoms with Crippen LogP contribution < -0.4 is 0 Å². The maximum absolute atomic E-state index is 11.5. The van der Waals surface area contributed by atoms with Gasteiger partial charge in [-0.1, -0.05) is 0 Å². The normalized spacial score (nSPS) is 10.0. The second-order valence-electron chi connectivity index (χ2n) is 3.41. The third kappa shape index (κ3) is 3.29. The molecule has 1 N–H and O–H groups in total. The van der Waals surface area contributed by atoms with Crippen molar-refractivity contribution in [2.75, 3.05) is 20.8 Å². The number of ether oxygens (including phenoxy) is 2. The molecule has 5 heteroatoms. The number of hydrogen-bond acceptors (Lipinski definition) is 4. The van der Waals surface area contributed by atoms with Crippen LogP contribution in [0.2, 0.25) is 0 Å². The lowest BCUT2D eigenvalue weighted by Gasteiger charge is -2.08. The summed E-state index contributed by atoms with van der Waals surface area (Å²) in [5.41, 5.74) is 1.12. The first-order valence-electron chi connectivity index (χ1n) is 5.03. The van der Waals surface area contributed by atoms with E-state index in [0.717, 1.165) is 0 Å². The van der Waals surface area contributed by atoms with E-state index in [4.69, 9.17) is 9.84 Å². The molecule has 0 aliphatic rings. The van der Waals surface area contributed by atoms with E-state index >= 15 is 0 Å². The molecule has 1 rings (SSSR count). The summed E-state index contributed by atoms with van der Waals surface area (Å²) in [6.45, 7) is 0.410. The van der Waals surface area contributed by atoms with Gasteiger partial charge < -0.3 is 14.6 Å². The van der Waals surface area contributed by atoms with Crippen molar-refractivity contribution in [3.63, 3.8) is 0 Å². The number of hydrogen-bond donors (Lipinski definition) is 1. The predicted molar refractivity (Wildman–Crippen MR) is 60.3 cm³/mol. The Labute approximate surface area is 99.0 Å². The summed E-state index contributed by atoms with van der Waals surface area (Å²) in [6.07, 6.45) is 0.460. The van der Waals surface area contributed by atoms with Gasteiger partial charge in [-0.25, -0.2) is 9.59 Å². The summed E-state index contributed by atoms with van der Waals surface area (Å²) < 4.78 is 9.55. The maximum Gasteiger partial charge on any atom is 0.338 e. The summed E-state index contributed by atoms with van der Waals surface area (Å²) >= 11 is 0. The van der Waals surface area contributed by atoms with E-state index in [0.29, 0.717) is 24.2 Å². The van der Waals surface area contributed by atoms with E-state index in [1.54, 1.807) is 7.11 Å². The van der Waals surface area contributed by atoms with Crippen molar-refractivity contribution in [2.45, 2.75) is 6.42 Å². The maximum atomic E-state index is 11.5. The molecule has 0 unspecified atom stereocenters. The summed E-state index contributed by atoms with van der Waals surface area (Å²) in [5, 5.41) is 8.87. The first kappa shape index (κ1) is 13.2. The largest absolute Gasteiger partial charge is 0.478 e. The van der Waals surface area contributed by atoms with Gasteiger partial charge in [-0.2, -0.15) is 0 Å². The number of carboxylic acids is 1. The van der Waals surface area contributed by atoms with Crippen LogP contribution in [-0.2, 0) is 15.9 Å². The van der Waals surface area contributed by atoms with Crippen LogP contribution in [0.3, 0.4) is 0 Å². The van der Waals surface area contributed by atoms with Crippen LogP contribution in [0.15, 0.2) is 18.2 Å². The molecule has 1 aromatic rings. The number of aromatic carboxylic acids is 1. The molecule has 1 aromatic carbocycles. The highest BCUT2D eigenvalue weighted by molar-refractivity contribution is 5.94. The summed E-state index contributed by atoms with van der Waals surface area (Å²) in [7, 11) is 2.83. The van der Waals surface area contributed by atoms with Crippen molar-refractivity contribution in [3.05, 3.63) is 34.9 Å². The van der Waals surface area contributed by atoms with Crippen LogP contribution in [0.4, 0.5) is 0 Å². The smallest absolute Gasteiger partial charge is 0.338 e. The van der Waals surface area contributed by atoms with Gasteiger partial charge >= 0.3 is 11.9 Å². The molecule has 0 amide bonds. The molecule has 0 fully saturated rings. The molecule has 0 saturated carbocycles. The molecule has 0 spiro atoms. The molecule has 0 atom stereocenters. The second kappa shape index (κ2) is 6.00. The third-order valence-corrected chi connectivity index (χ3v) is 2.33. The summed E-state index contributed by atoms with van der Waals surface area (Å²) in [5.74, 6) is -1.51. The molecule has 0 aromatic heterocycles. The van der Waals surface area contributed by atoms with Crippen LogP contribution in [-0.4, -0.2) is 37.9 Å². The third-order valence-electron chi connectivity index (χ3n) is 2.33. The van der Waals surface area contributed by atoms with Crippen LogP contribution in [0.1, 0.15) is 26.3 Å². The Hall–Kier alpha value is -1.88. The molecule has 0 saturated heterocycles. The Balaban J connectivity index is 3.11. The molecule has 92 valence electrons. The highest BCUT2D eigenvalue weighted by Crippen LogP contribution is 2.14. The van der Waals surface area contributed by atoms with Gasteiger partial charge in [0.05, 0.1) is 24.8 Å². The quantitative estimate of drug-likeness (QED) is 0.784. The Morgan fingerprint density at radius 2 is 2.00 bits per heavy atom. The van der Waals surface area contributed by atoms with Crippen LogP contribution in [0, 0.1) is 0 Å². The fraction of sp³-hybridized carbons (Fsp3) is 0.333. The van der Waals surface area contributed by atoms with E-state index in [-0.39, 0.29) is 5.56 Å². The van der Waals surface area contributed by atoms with Crippen LogP contribution in [0.25, 0.3) is 0 Å². The van der Waals surface area contributed by atoms with Crippen LogP contribution in [0.5, 0.6) is 0 Å². The van der Waals surface area contributed by atoms with Gasteiger partial charge in [-0.3, -0.25) is 0 Å². The van der Waals surface area contributed by atoms with E-state index in [2.05, 4.69) is 4.74 Å². The number of carbonyl (C=O) groups is 2. The molecule has 0 aliphatic heterocycles. The van der Waals surface area contributed by atoms with Crippen molar-refractivity contribution < 1.29 is 24.2 Å². The predicted octanol–water partition coefficient (Wildman–Crippen LogP) is 1.36. The number of methoxy groups -OCH3 is 2. The second-order valence-corrected chi connectivity index (χ2v) is 3.41.